The van der Waals surface area contributed by atoms with Crippen molar-refractivity contribution in [3.8, 4) is 0 Å². The van der Waals surface area contributed by atoms with E-state index >= 15 is 0 Å². The summed E-state index contributed by atoms with van der Waals surface area (Å²) in [5.41, 5.74) is 6.26. The van der Waals surface area contributed by atoms with Crippen molar-refractivity contribution in [1.82, 2.24) is 9.88 Å². The number of nitrogens with zero attached hydrogens (tertiary/aromatic N) is 3. The average Bonchev–Trinajstić information content (AvgIpc) is 2.53. The molecule has 0 radical (unpaired) electrons. The Morgan fingerprint density at radius 1 is 1.60 bits per heavy atom. The maximum atomic E-state index is 12.3. The number of hydrogen-bond acceptors (Lipinski definition) is 5. The van der Waals surface area contributed by atoms with Gasteiger partial charge in [-0.25, -0.2) is 0 Å². The lowest BCUT2D eigenvalue weighted by Gasteiger charge is -2.31. The number of carbonyl (C=O) groups is 1. The minimum atomic E-state index is -0.127. The molecule has 1 aliphatic rings. The van der Waals surface area contributed by atoms with Gasteiger partial charge in [-0.1, -0.05) is 5.16 Å². The minimum Gasteiger partial charge on any atom is -0.409 e. The third-order valence-corrected chi connectivity index (χ3v) is 3.38. The van der Waals surface area contributed by atoms with E-state index in [1.807, 2.05) is 0 Å². The molecule has 0 saturated carbocycles. The molecule has 108 valence electrons. The fourth-order valence-corrected chi connectivity index (χ4v) is 2.21. The van der Waals surface area contributed by atoms with Crippen molar-refractivity contribution in [2.24, 2.45) is 10.9 Å². The van der Waals surface area contributed by atoms with Crippen LogP contribution >= 0.6 is 0 Å². The van der Waals surface area contributed by atoms with Crippen LogP contribution in [0.5, 0.6) is 0 Å². The first-order valence-electron chi connectivity index (χ1n) is 6.41. The molecule has 2 heterocycles. The summed E-state index contributed by atoms with van der Waals surface area (Å²) in [6, 6.07) is 3.18. The van der Waals surface area contributed by atoms with Crippen LogP contribution in [-0.2, 0) is 4.74 Å². The number of carbonyl (C=O) groups excluding carboxylic acids is 1. The van der Waals surface area contributed by atoms with Gasteiger partial charge in [-0.3, -0.25) is 9.78 Å². The molecular weight excluding hydrogens is 260 g/mol. The first-order chi connectivity index (χ1) is 9.65. The van der Waals surface area contributed by atoms with Crippen LogP contribution in [0.2, 0.25) is 0 Å². The lowest BCUT2D eigenvalue weighted by molar-refractivity contribution is 0.0266. The monoisotopic (exact) mass is 278 g/mol. The molecule has 1 aromatic heterocycles. The Morgan fingerprint density at radius 2 is 2.40 bits per heavy atom. The number of rotatable bonds is 3. The van der Waals surface area contributed by atoms with Gasteiger partial charge in [-0.05, 0) is 25.0 Å². The summed E-state index contributed by atoms with van der Waals surface area (Å²) >= 11 is 0. The quantitative estimate of drug-likeness (QED) is 0.361. The van der Waals surface area contributed by atoms with Crippen molar-refractivity contribution in [3.05, 3.63) is 29.6 Å². The Balaban J connectivity index is 2.09. The molecule has 1 atom stereocenters. The number of ether oxygens (including phenoxy) is 1. The molecule has 20 heavy (non-hydrogen) atoms. The fraction of sp³-hybridized carbons (Fsp3) is 0.462. The Hall–Kier alpha value is -2.15. The van der Waals surface area contributed by atoms with E-state index in [2.05, 4.69) is 10.1 Å². The topological polar surface area (TPSA) is 101 Å². The average molecular weight is 278 g/mol. The Labute approximate surface area is 117 Å². The molecule has 3 N–H and O–H groups in total. The van der Waals surface area contributed by atoms with Crippen LogP contribution in [0.1, 0.15) is 28.9 Å². The molecule has 1 unspecified atom stereocenters. The highest BCUT2D eigenvalue weighted by atomic mass is 16.5. The largest absolute Gasteiger partial charge is 0.409 e. The zero-order chi connectivity index (χ0) is 14.5. The summed E-state index contributed by atoms with van der Waals surface area (Å²) < 4.78 is 5.30. The molecule has 1 aliphatic heterocycles. The van der Waals surface area contributed by atoms with Gasteiger partial charge in [0.15, 0.2) is 5.84 Å². The number of hydrogen-bond donors (Lipinski definition) is 2. The lowest BCUT2D eigenvalue weighted by Crippen LogP contribution is -2.43. The zero-order valence-electron chi connectivity index (χ0n) is 11.3. The molecular formula is C13H18N4O3. The number of nitrogens with two attached hydrogens (primary N) is 1. The van der Waals surface area contributed by atoms with Crippen LogP contribution in [0, 0.1) is 0 Å². The van der Waals surface area contributed by atoms with Crippen molar-refractivity contribution >= 4 is 11.7 Å². The van der Waals surface area contributed by atoms with E-state index in [4.69, 9.17) is 15.7 Å². The van der Waals surface area contributed by atoms with Gasteiger partial charge >= 0.3 is 0 Å². The van der Waals surface area contributed by atoms with E-state index < -0.39 is 0 Å². The summed E-state index contributed by atoms with van der Waals surface area (Å²) in [7, 11) is 1.66. The molecule has 0 spiro atoms. The SMILES string of the molecule is COC1CCCN(C(=O)c2ccc(/C(N)=N/O)cn2)C1. The lowest BCUT2D eigenvalue weighted by atomic mass is 10.1. The second-order valence-corrected chi connectivity index (χ2v) is 4.67. The predicted octanol–water partition coefficient (Wildman–Crippen LogP) is 0.427. The van der Waals surface area contributed by atoms with Gasteiger partial charge < -0.3 is 20.6 Å². The summed E-state index contributed by atoms with van der Waals surface area (Å²) in [6.07, 6.45) is 3.40. The van der Waals surface area contributed by atoms with E-state index in [0.717, 1.165) is 12.8 Å². The molecule has 7 nitrogen and oxygen atoms in total. The van der Waals surface area contributed by atoms with Gasteiger partial charge in [-0.2, -0.15) is 0 Å². The van der Waals surface area contributed by atoms with Gasteiger partial charge in [0.05, 0.1) is 6.10 Å². The Kier molecular flexibility index (Phi) is 4.52. The van der Waals surface area contributed by atoms with E-state index in [9.17, 15) is 4.79 Å². The van der Waals surface area contributed by atoms with Gasteiger partial charge in [0, 0.05) is 32.0 Å². The molecule has 0 aromatic carbocycles. The highest BCUT2D eigenvalue weighted by Gasteiger charge is 2.24. The first kappa shape index (κ1) is 14.3. The van der Waals surface area contributed by atoms with Crippen LogP contribution in [0.25, 0.3) is 0 Å². The number of aromatic nitrogens is 1. The van der Waals surface area contributed by atoms with E-state index in [0.29, 0.717) is 24.3 Å². The smallest absolute Gasteiger partial charge is 0.272 e. The molecule has 1 fully saturated rings. The molecule has 1 aromatic rings. The van der Waals surface area contributed by atoms with Crippen LogP contribution in [0.3, 0.4) is 0 Å². The summed E-state index contributed by atoms with van der Waals surface area (Å²) in [6.45, 7) is 1.29. The predicted molar refractivity (Wildman–Crippen MR) is 72.7 cm³/mol. The van der Waals surface area contributed by atoms with Gasteiger partial charge in [0.1, 0.15) is 5.69 Å². The number of amidine groups is 1. The molecule has 7 heteroatoms. The third kappa shape index (κ3) is 3.05. The minimum absolute atomic E-state index is 0.0334. The van der Waals surface area contributed by atoms with Gasteiger partial charge in [0.25, 0.3) is 5.91 Å². The number of likely N-dealkylation sites (tertiary alicyclic amines) is 1. The molecule has 1 saturated heterocycles. The van der Waals surface area contributed by atoms with Crippen molar-refractivity contribution in [3.63, 3.8) is 0 Å². The van der Waals surface area contributed by atoms with Gasteiger partial charge in [-0.15, -0.1) is 0 Å². The Morgan fingerprint density at radius 3 is 3.00 bits per heavy atom. The number of amides is 1. The maximum absolute atomic E-state index is 12.3. The number of piperidine rings is 1. The summed E-state index contributed by atoms with van der Waals surface area (Å²) in [5.74, 6) is -0.160. The highest BCUT2D eigenvalue weighted by molar-refractivity contribution is 5.98. The normalized spacial score (nSPS) is 19.9. The van der Waals surface area contributed by atoms with Crippen molar-refractivity contribution < 1.29 is 14.7 Å². The molecule has 2 rings (SSSR count). The maximum Gasteiger partial charge on any atom is 0.272 e. The standard InChI is InChI=1S/C13H18N4O3/c1-20-10-3-2-6-17(8-10)13(18)11-5-4-9(7-15-11)12(14)16-19/h4-5,7,10,19H,2-3,6,8H2,1H3,(H2,14,16). The van der Waals surface area contributed by atoms with Crippen LogP contribution in [-0.4, -0.2) is 53.1 Å². The third-order valence-electron chi connectivity index (χ3n) is 3.38. The summed E-state index contributed by atoms with van der Waals surface area (Å²) in [4.78, 5) is 18.1. The summed E-state index contributed by atoms with van der Waals surface area (Å²) in [5, 5.41) is 11.5. The van der Waals surface area contributed by atoms with E-state index in [1.54, 1.807) is 24.1 Å². The second kappa shape index (κ2) is 6.33. The second-order valence-electron chi connectivity index (χ2n) is 4.67. The number of pyridine rings is 1. The molecule has 0 bridgehead atoms. The number of oxime groups is 1. The van der Waals surface area contributed by atoms with Crippen LogP contribution < -0.4 is 5.73 Å². The molecule has 0 aliphatic carbocycles. The van der Waals surface area contributed by atoms with E-state index in [1.165, 1.54) is 6.20 Å². The fourth-order valence-electron chi connectivity index (χ4n) is 2.21. The van der Waals surface area contributed by atoms with Crippen molar-refractivity contribution in [2.45, 2.75) is 18.9 Å². The first-order valence-corrected chi connectivity index (χ1v) is 6.41. The zero-order valence-corrected chi connectivity index (χ0v) is 11.3. The van der Waals surface area contributed by atoms with Crippen LogP contribution in [0.15, 0.2) is 23.5 Å². The van der Waals surface area contributed by atoms with Crippen LogP contribution in [0.4, 0.5) is 0 Å². The van der Waals surface area contributed by atoms with Crippen molar-refractivity contribution in [2.75, 3.05) is 20.2 Å². The Bertz CT molecular complexity index is 501. The molecule has 1 amide bonds. The highest BCUT2D eigenvalue weighted by Crippen LogP contribution is 2.15. The van der Waals surface area contributed by atoms with Crippen molar-refractivity contribution in [1.29, 1.82) is 0 Å². The number of methoxy groups -OCH3 is 1. The van der Waals surface area contributed by atoms with E-state index in [-0.39, 0.29) is 17.8 Å². The van der Waals surface area contributed by atoms with Gasteiger partial charge in [0.2, 0.25) is 0 Å².